The number of phenols is 2. The molecule has 0 aliphatic heterocycles. The van der Waals surface area contributed by atoms with E-state index in [9.17, 15) is 10.2 Å². The standard InChI is InChI=1S/C27H26N2O4/c1-27(2,19-7-3-5-9-25(19)32-17-11-13-23(30)21(28)15-17)20-8-4-6-10-26(20)33-18-12-14-24(31)22(29)16-18/h3-16,30-31H,28-29H2,1-2H3. The molecule has 0 aliphatic rings. The van der Waals surface area contributed by atoms with Crippen LogP contribution in [0.15, 0.2) is 84.9 Å². The maximum atomic E-state index is 9.71. The summed E-state index contributed by atoms with van der Waals surface area (Å²) in [5.74, 6) is 2.40. The summed E-state index contributed by atoms with van der Waals surface area (Å²) in [6.07, 6.45) is 0. The average Bonchev–Trinajstić information content (AvgIpc) is 2.79. The van der Waals surface area contributed by atoms with Crippen LogP contribution in [0, 0.1) is 0 Å². The van der Waals surface area contributed by atoms with Crippen molar-refractivity contribution < 1.29 is 19.7 Å². The molecule has 0 amide bonds. The van der Waals surface area contributed by atoms with E-state index in [4.69, 9.17) is 20.9 Å². The van der Waals surface area contributed by atoms with Gasteiger partial charge in [-0.2, -0.15) is 0 Å². The Balaban J connectivity index is 1.72. The number of phenolic OH excluding ortho intramolecular Hbond substituents is 2. The summed E-state index contributed by atoms with van der Waals surface area (Å²) in [5.41, 5.74) is 13.5. The second kappa shape index (κ2) is 8.67. The highest BCUT2D eigenvalue weighted by Gasteiger charge is 2.30. The lowest BCUT2D eigenvalue weighted by atomic mass is 9.77. The number of nitrogen functional groups attached to an aromatic ring is 2. The minimum atomic E-state index is -0.502. The van der Waals surface area contributed by atoms with Crippen molar-refractivity contribution in [3.8, 4) is 34.5 Å². The zero-order valence-corrected chi connectivity index (χ0v) is 18.4. The predicted molar refractivity (Wildman–Crippen MR) is 130 cm³/mol. The number of rotatable bonds is 6. The molecule has 0 aromatic heterocycles. The number of ether oxygens (including phenoxy) is 2. The van der Waals surface area contributed by atoms with Crippen LogP contribution in [0.2, 0.25) is 0 Å². The summed E-state index contributed by atoms with van der Waals surface area (Å²) in [4.78, 5) is 0. The van der Waals surface area contributed by atoms with Crippen LogP contribution in [0.1, 0.15) is 25.0 Å². The summed E-state index contributed by atoms with van der Waals surface area (Å²) in [6, 6.07) is 25.0. The maximum absolute atomic E-state index is 9.71. The molecule has 6 heteroatoms. The van der Waals surface area contributed by atoms with Gasteiger partial charge in [-0.1, -0.05) is 50.2 Å². The Bertz CT molecular complexity index is 1200. The fraction of sp³-hybridized carbons (Fsp3) is 0.111. The Labute approximate surface area is 192 Å². The lowest BCUT2D eigenvalue weighted by molar-refractivity contribution is 0.441. The molecule has 0 aliphatic carbocycles. The van der Waals surface area contributed by atoms with Crippen LogP contribution >= 0.6 is 0 Å². The highest BCUT2D eigenvalue weighted by molar-refractivity contribution is 5.58. The molecular weight excluding hydrogens is 416 g/mol. The fourth-order valence-electron chi connectivity index (χ4n) is 3.74. The van der Waals surface area contributed by atoms with Gasteiger partial charge in [0, 0.05) is 28.7 Å². The molecule has 6 N–H and O–H groups in total. The van der Waals surface area contributed by atoms with E-state index in [0.29, 0.717) is 23.0 Å². The lowest BCUT2D eigenvalue weighted by Crippen LogP contribution is -2.20. The van der Waals surface area contributed by atoms with Gasteiger partial charge in [0.05, 0.1) is 11.4 Å². The Morgan fingerprint density at radius 3 is 1.39 bits per heavy atom. The SMILES string of the molecule is CC(C)(c1ccccc1Oc1ccc(O)c(N)c1)c1ccccc1Oc1ccc(O)c(N)c1. The first-order chi connectivity index (χ1) is 15.8. The summed E-state index contributed by atoms with van der Waals surface area (Å²) in [6.45, 7) is 4.18. The van der Waals surface area contributed by atoms with Gasteiger partial charge in [-0.3, -0.25) is 0 Å². The molecule has 0 saturated carbocycles. The number of anilines is 2. The minimum absolute atomic E-state index is 0.0110. The van der Waals surface area contributed by atoms with Crippen molar-refractivity contribution in [1.82, 2.24) is 0 Å². The molecule has 0 radical (unpaired) electrons. The third-order valence-electron chi connectivity index (χ3n) is 5.57. The van der Waals surface area contributed by atoms with E-state index >= 15 is 0 Å². The van der Waals surface area contributed by atoms with Crippen molar-refractivity contribution in [3.05, 3.63) is 96.1 Å². The van der Waals surface area contributed by atoms with Gasteiger partial charge in [0.2, 0.25) is 0 Å². The molecule has 0 unspecified atom stereocenters. The van der Waals surface area contributed by atoms with Crippen LogP contribution < -0.4 is 20.9 Å². The third kappa shape index (κ3) is 4.50. The number of para-hydroxylation sites is 2. The molecule has 6 nitrogen and oxygen atoms in total. The molecule has 0 bridgehead atoms. The molecule has 0 fully saturated rings. The molecule has 0 atom stereocenters. The van der Waals surface area contributed by atoms with Crippen molar-refractivity contribution in [3.63, 3.8) is 0 Å². The van der Waals surface area contributed by atoms with Gasteiger partial charge in [0.15, 0.2) is 0 Å². The minimum Gasteiger partial charge on any atom is -0.506 e. The van der Waals surface area contributed by atoms with Crippen LogP contribution in [0.5, 0.6) is 34.5 Å². The van der Waals surface area contributed by atoms with Crippen molar-refractivity contribution in [2.75, 3.05) is 11.5 Å². The normalized spacial score (nSPS) is 11.2. The molecule has 4 aromatic rings. The Morgan fingerprint density at radius 1 is 0.606 bits per heavy atom. The Kier molecular flexibility index (Phi) is 5.75. The molecule has 33 heavy (non-hydrogen) atoms. The molecule has 168 valence electrons. The fourth-order valence-corrected chi connectivity index (χ4v) is 3.74. The van der Waals surface area contributed by atoms with Gasteiger partial charge in [-0.25, -0.2) is 0 Å². The first kappa shape index (κ1) is 21.9. The molecule has 4 rings (SSSR count). The Morgan fingerprint density at radius 2 is 1.00 bits per heavy atom. The highest BCUT2D eigenvalue weighted by atomic mass is 16.5. The van der Waals surface area contributed by atoms with Gasteiger partial charge < -0.3 is 31.2 Å². The lowest BCUT2D eigenvalue weighted by Gasteiger charge is -2.30. The van der Waals surface area contributed by atoms with Crippen LogP contribution in [-0.4, -0.2) is 10.2 Å². The monoisotopic (exact) mass is 442 g/mol. The van der Waals surface area contributed by atoms with E-state index < -0.39 is 5.41 Å². The van der Waals surface area contributed by atoms with Crippen molar-refractivity contribution in [2.24, 2.45) is 0 Å². The summed E-state index contributed by atoms with van der Waals surface area (Å²) in [5, 5.41) is 19.4. The Hall–Kier alpha value is -4.32. The summed E-state index contributed by atoms with van der Waals surface area (Å²) < 4.78 is 12.3. The third-order valence-corrected chi connectivity index (χ3v) is 5.57. The zero-order valence-electron chi connectivity index (χ0n) is 18.4. The van der Waals surface area contributed by atoms with E-state index in [1.165, 1.54) is 12.1 Å². The number of hydrogen-bond acceptors (Lipinski definition) is 6. The first-order valence-corrected chi connectivity index (χ1v) is 10.5. The van der Waals surface area contributed by atoms with Crippen molar-refractivity contribution in [2.45, 2.75) is 19.3 Å². The average molecular weight is 443 g/mol. The van der Waals surface area contributed by atoms with Crippen molar-refractivity contribution >= 4 is 11.4 Å². The van der Waals surface area contributed by atoms with Crippen molar-refractivity contribution in [1.29, 1.82) is 0 Å². The van der Waals surface area contributed by atoms with Crippen LogP contribution in [0.25, 0.3) is 0 Å². The molecular formula is C27H26N2O4. The molecule has 4 aromatic carbocycles. The van der Waals surface area contributed by atoms with E-state index in [1.807, 2.05) is 48.5 Å². The molecule has 0 heterocycles. The topological polar surface area (TPSA) is 111 Å². The second-order valence-electron chi connectivity index (χ2n) is 8.26. The van der Waals surface area contributed by atoms with Crippen LogP contribution in [-0.2, 0) is 5.41 Å². The summed E-state index contributed by atoms with van der Waals surface area (Å²) >= 11 is 0. The number of hydrogen-bond donors (Lipinski definition) is 4. The maximum Gasteiger partial charge on any atom is 0.138 e. The van der Waals surface area contributed by atoms with E-state index in [2.05, 4.69) is 13.8 Å². The van der Waals surface area contributed by atoms with Gasteiger partial charge >= 0.3 is 0 Å². The van der Waals surface area contributed by atoms with Crippen LogP contribution in [0.3, 0.4) is 0 Å². The number of nitrogens with two attached hydrogens (primary N) is 2. The smallest absolute Gasteiger partial charge is 0.138 e. The highest BCUT2D eigenvalue weighted by Crippen LogP contribution is 2.44. The van der Waals surface area contributed by atoms with E-state index in [1.54, 1.807) is 24.3 Å². The van der Waals surface area contributed by atoms with Gasteiger partial charge in [0.25, 0.3) is 0 Å². The predicted octanol–water partition coefficient (Wildman–Crippen LogP) is 6.17. The van der Waals surface area contributed by atoms with E-state index in [-0.39, 0.29) is 22.9 Å². The van der Waals surface area contributed by atoms with Gasteiger partial charge in [0.1, 0.15) is 34.5 Å². The van der Waals surface area contributed by atoms with Crippen LogP contribution in [0.4, 0.5) is 11.4 Å². The molecule has 0 spiro atoms. The number of aromatic hydroxyl groups is 2. The first-order valence-electron chi connectivity index (χ1n) is 10.5. The largest absolute Gasteiger partial charge is 0.506 e. The van der Waals surface area contributed by atoms with Gasteiger partial charge in [-0.05, 0) is 36.4 Å². The second-order valence-corrected chi connectivity index (χ2v) is 8.26. The summed E-state index contributed by atoms with van der Waals surface area (Å²) in [7, 11) is 0. The van der Waals surface area contributed by atoms with E-state index in [0.717, 1.165) is 11.1 Å². The quantitative estimate of drug-likeness (QED) is 0.210. The number of benzene rings is 4. The zero-order chi connectivity index (χ0) is 23.6. The molecule has 0 saturated heterocycles. The van der Waals surface area contributed by atoms with Gasteiger partial charge in [-0.15, -0.1) is 0 Å².